The number of phenols is 1. The summed E-state index contributed by atoms with van der Waals surface area (Å²) in [4.78, 5) is 19.6. The van der Waals surface area contributed by atoms with Crippen molar-refractivity contribution in [2.45, 2.75) is 6.92 Å². The molecule has 1 saturated heterocycles. The van der Waals surface area contributed by atoms with Gasteiger partial charge in [0, 0.05) is 6.54 Å². The van der Waals surface area contributed by atoms with Gasteiger partial charge in [-0.25, -0.2) is 4.99 Å². The predicted octanol–water partition coefficient (Wildman–Crippen LogP) is 4.63. The maximum atomic E-state index is 12.7. The van der Waals surface area contributed by atoms with Gasteiger partial charge in [-0.05, 0) is 77.2 Å². The Bertz CT molecular complexity index is 897. The average Bonchev–Trinajstić information content (AvgIpc) is 2.93. The van der Waals surface area contributed by atoms with Gasteiger partial charge < -0.3 is 9.84 Å². The van der Waals surface area contributed by atoms with Gasteiger partial charge in [-0.3, -0.25) is 9.69 Å². The Labute approximate surface area is 169 Å². The van der Waals surface area contributed by atoms with Crippen molar-refractivity contribution in [2.75, 3.05) is 13.7 Å². The summed E-state index contributed by atoms with van der Waals surface area (Å²) in [5, 5.41) is 10.6. The summed E-state index contributed by atoms with van der Waals surface area (Å²) < 4.78 is 5.85. The molecule has 1 aliphatic rings. The molecular weight excluding hydrogens is 463 g/mol. The van der Waals surface area contributed by atoms with Crippen molar-refractivity contribution in [1.29, 1.82) is 0 Å². The van der Waals surface area contributed by atoms with Crippen molar-refractivity contribution in [1.82, 2.24) is 4.90 Å². The van der Waals surface area contributed by atoms with E-state index in [-0.39, 0.29) is 11.7 Å². The Morgan fingerprint density at radius 1 is 1.31 bits per heavy atom. The lowest BCUT2D eigenvalue weighted by Crippen LogP contribution is -2.28. The largest absolute Gasteiger partial charge is 0.504 e. The fourth-order valence-electron chi connectivity index (χ4n) is 2.47. The van der Waals surface area contributed by atoms with Crippen LogP contribution in [-0.2, 0) is 4.79 Å². The van der Waals surface area contributed by atoms with E-state index in [1.165, 1.54) is 18.9 Å². The maximum Gasteiger partial charge on any atom is 0.266 e. The molecule has 2 aromatic carbocycles. The number of phenolic OH excluding ortho intramolecular Hbond substituents is 1. The molecule has 0 unspecified atom stereocenters. The number of halogens is 1. The number of amides is 1. The summed E-state index contributed by atoms with van der Waals surface area (Å²) in [6, 6.07) is 13.1. The standard InChI is InChI=1S/C19H17IN2O3S/c1-3-22-18(24)16(26-19(22)21-13-7-5-4-6-8-13)11-12-9-14(20)17(23)15(10-12)25-2/h4-11,23H,3H2,1-2H3/b16-11-,21-19?. The number of nitrogens with zero attached hydrogens (tertiary/aromatic N) is 2. The van der Waals surface area contributed by atoms with Crippen LogP contribution in [0.3, 0.4) is 0 Å². The highest BCUT2D eigenvalue weighted by molar-refractivity contribution is 14.1. The van der Waals surface area contributed by atoms with Crippen LogP contribution < -0.4 is 4.74 Å². The molecule has 0 saturated carbocycles. The van der Waals surface area contributed by atoms with Gasteiger partial charge in [0.05, 0.1) is 21.3 Å². The SMILES string of the molecule is CCN1C(=O)/C(=C/c2cc(I)c(O)c(OC)c2)SC1=Nc1ccccc1. The predicted molar refractivity (Wildman–Crippen MR) is 114 cm³/mol. The van der Waals surface area contributed by atoms with E-state index in [1.807, 2.05) is 65.9 Å². The highest BCUT2D eigenvalue weighted by Crippen LogP contribution is 2.37. The van der Waals surface area contributed by atoms with E-state index < -0.39 is 0 Å². The third kappa shape index (κ3) is 3.88. The Balaban J connectivity index is 1.97. The van der Waals surface area contributed by atoms with E-state index in [9.17, 15) is 9.90 Å². The van der Waals surface area contributed by atoms with Crippen LogP contribution in [0.5, 0.6) is 11.5 Å². The fourth-order valence-corrected chi connectivity index (χ4v) is 4.16. The van der Waals surface area contributed by atoms with Crippen LogP contribution in [0.1, 0.15) is 12.5 Å². The smallest absolute Gasteiger partial charge is 0.266 e. The number of carbonyl (C=O) groups is 1. The summed E-state index contributed by atoms with van der Waals surface area (Å²) in [6.45, 7) is 2.47. The Morgan fingerprint density at radius 3 is 2.69 bits per heavy atom. The minimum Gasteiger partial charge on any atom is -0.504 e. The monoisotopic (exact) mass is 480 g/mol. The molecule has 1 fully saturated rings. The number of hydrogen-bond donors (Lipinski definition) is 1. The topological polar surface area (TPSA) is 62.1 Å². The summed E-state index contributed by atoms with van der Waals surface area (Å²) in [6.07, 6.45) is 1.80. The van der Waals surface area contributed by atoms with Crippen molar-refractivity contribution < 1.29 is 14.6 Å². The average molecular weight is 480 g/mol. The van der Waals surface area contributed by atoms with Gasteiger partial charge in [-0.2, -0.15) is 0 Å². The van der Waals surface area contributed by atoms with E-state index in [1.54, 1.807) is 17.0 Å². The van der Waals surface area contributed by atoms with Crippen LogP contribution in [0.2, 0.25) is 0 Å². The van der Waals surface area contributed by atoms with Crippen LogP contribution >= 0.6 is 34.4 Å². The summed E-state index contributed by atoms with van der Waals surface area (Å²) >= 11 is 3.38. The molecule has 26 heavy (non-hydrogen) atoms. The Hall–Kier alpha value is -2.00. The number of rotatable bonds is 4. The molecule has 7 heteroatoms. The van der Waals surface area contributed by atoms with Gasteiger partial charge in [0.1, 0.15) is 0 Å². The van der Waals surface area contributed by atoms with Gasteiger partial charge in [-0.15, -0.1) is 0 Å². The number of carbonyl (C=O) groups excluding carboxylic acids is 1. The van der Waals surface area contributed by atoms with E-state index >= 15 is 0 Å². The number of hydrogen-bond acceptors (Lipinski definition) is 5. The molecule has 0 radical (unpaired) electrons. The molecule has 2 aromatic rings. The van der Waals surface area contributed by atoms with Gasteiger partial charge >= 0.3 is 0 Å². The zero-order chi connectivity index (χ0) is 18.7. The van der Waals surface area contributed by atoms with Crippen LogP contribution in [0, 0.1) is 3.57 Å². The molecular formula is C19H17IN2O3S. The summed E-state index contributed by atoms with van der Waals surface area (Å²) in [5.74, 6) is 0.404. The highest BCUT2D eigenvalue weighted by atomic mass is 127. The van der Waals surface area contributed by atoms with Crippen molar-refractivity contribution in [3.05, 3.63) is 56.5 Å². The number of aliphatic imine (C=N–C) groups is 1. The molecule has 1 heterocycles. The van der Waals surface area contributed by atoms with E-state index in [0.29, 0.717) is 25.9 Å². The second-order valence-electron chi connectivity index (χ2n) is 5.44. The number of benzene rings is 2. The first-order valence-electron chi connectivity index (χ1n) is 7.95. The molecule has 0 spiro atoms. The maximum absolute atomic E-state index is 12.7. The van der Waals surface area contributed by atoms with Crippen molar-refractivity contribution in [3.63, 3.8) is 0 Å². The number of aromatic hydroxyl groups is 1. The Morgan fingerprint density at radius 2 is 2.04 bits per heavy atom. The zero-order valence-corrected chi connectivity index (χ0v) is 17.2. The molecule has 0 bridgehead atoms. The van der Waals surface area contributed by atoms with Crippen LogP contribution in [0.25, 0.3) is 6.08 Å². The highest BCUT2D eigenvalue weighted by Gasteiger charge is 2.32. The first-order chi connectivity index (χ1) is 12.5. The van der Waals surface area contributed by atoms with Gasteiger partial charge in [0.25, 0.3) is 5.91 Å². The molecule has 1 amide bonds. The van der Waals surface area contributed by atoms with Crippen molar-refractivity contribution in [2.24, 2.45) is 4.99 Å². The molecule has 0 aliphatic carbocycles. The lowest BCUT2D eigenvalue weighted by Gasteiger charge is -2.11. The second kappa shape index (κ2) is 8.13. The number of thioether (sulfide) groups is 1. The molecule has 134 valence electrons. The summed E-state index contributed by atoms with van der Waals surface area (Å²) in [7, 11) is 1.50. The molecule has 5 nitrogen and oxygen atoms in total. The van der Waals surface area contributed by atoms with Gasteiger partial charge in [0.15, 0.2) is 16.7 Å². The van der Waals surface area contributed by atoms with Gasteiger partial charge in [-0.1, -0.05) is 18.2 Å². The third-order valence-electron chi connectivity index (χ3n) is 3.75. The number of likely N-dealkylation sites (N-methyl/N-ethyl adjacent to an activating group) is 1. The number of ether oxygens (including phenoxy) is 1. The molecule has 1 aliphatic heterocycles. The second-order valence-corrected chi connectivity index (χ2v) is 7.61. The number of methoxy groups -OCH3 is 1. The number of amidine groups is 1. The number of para-hydroxylation sites is 1. The van der Waals surface area contributed by atoms with Gasteiger partial charge in [0.2, 0.25) is 0 Å². The quantitative estimate of drug-likeness (QED) is 0.512. The third-order valence-corrected chi connectivity index (χ3v) is 5.58. The first-order valence-corrected chi connectivity index (χ1v) is 9.84. The van der Waals surface area contributed by atoms with E-state index in [4.69, 9.17) is 4.74 Å². The lowest BCUT2D eigenvalue weighted by atomic mass is 10.2. The normalized spacial score (nSPS) is 17.3. The van der Waals surface area contributed by atoms with Crippen LogP contribution in [-0.4, -0.2) is 34.7 Å². The van der Waals surface area contributed by atoms with E-state index in [2.05, 4.69) is 4.99 Å². The summed E-state index contributed by atoms with van der Waals surface area (Å²) in [5.41, 5.74) is 1.60. The lowest BCUT2D eigenvalue weighted by molar-refractivity contribution is -0.122. The Kier molecular flexibility index (Phi) is 5.87. The molecule has 3 rings (SSSR count). The zero-order valence-electron chi connectivity index (χ0n) is 14.3. The first kappa shape index (κ1) is 18.8. The van der Waals surface area contributed by atoms with Crippen molar-refractivity contribution >= 4 is 57.2 Å². The van der Waals surface area contributed by atoms with Crippen LogP contribution in [0.15, 0.2) is 52.4 Å². The molecule has 0 atom stereocenters. The van der Waals surface area contributed by atoms with E-state index in [0.717, 1.165) is 11.3 Å². The fraction of sp³-hybridized carbons (Fsp3) is 0.158. The van der Waals surface area contributed by atoms with Crippen molar-refractivity contribution in [3.8, 4) is 11.5 Å². The molecule has 1 N–H and O–H groups in total. The molecule has 0 aromatic heterocycles. The van der Waals surface area contributed by atoms with Crippen LogP contribution in [0.4, 0.5) is 5.69 Å². The minimum absolute atomic E-state index is 0.0748. The minimum atomic E-state index is -0.0748.